The monoisotopic (exact) mass is 229 g/mol. The van der Waals surface area contributed by atoms with Gasteiger partial charge in [-0.15, -0.1) is 0 Å². The minimum absolute atomic E-state index is 0.105. The molecular formula is C12H11N3O2. The number of rotatable bonds is 1. The molecule has 0 bridgehead atoms. The Bertz CT molecular complexity index is 510. The molecule has 1 aromatic rings. The fourth-order valence-electron chi connectivity index (χ4n) is 2.13. The number of carbonyl (C=O) groups is 2. The highest BCUT2D eigenvalue weighted by Gasteiger charge is 2.36. The van der Waals surface area contributed by atoms with Crippen molar-refractivity contribution < 1.29 is 9.59 Å². The largest absolute Gasteiger partial charge is 0.310 e. The number of benzene rings is 1. The van der Waals surface area contributed by atoms with Gasteiger partial charge in [0, 0.05) is 18.8 Å². The molecule has 0 unspecified atom stereocenters. The van der Waals surface area contributed by atoms with Crippen LogP contribution in [-0.4, -0.2) is 35.8 Å². The maximum Gasteiger partial charge on any atom is 0.258 e. The van der Waals surface area contributed by atoms with E-state index in [1.54, 1.807) is 4.90 Å². The molecule has 1 aromatic carbocycles. The second-order valence-corrected chi connectivity index (χ2v) is 4.01. The molecule has 2 heterocycles. The number of hydrogen-bond donors (Lipinski definition) is 0. The van der Waals surface area contributed by atoms with Crippen molar-refractivity contribution >= 4 is 23.5 Å². The lowest BCUT2D eigenvalue weighted by Crippen LogP contribution is -2.42. The van der Waals surface area contributed by atoms with E-state index in [-0.39, 0.29) is 18.2 Å². The summed E-state index contributed by atoms with van der Waals surface area (Å²) in [6.07, 6.45) is -0.105. The molecule has 0 radical (unpaired) electrons. The Balaban J connectivity index is 1.99. The molecule has 3 rings (SSSR count). The van der Waals surface area contributed by atoms with Crippen molar-refractivity contribution in [2.75, 3.05) is 18.0 Å². The smallest absolute Gasteiger partial charge is 0.258 e. The third-order valence-electron chi connectivity index (χ3n) is 2.93. The Morgan fingerprint density at radius 2 is 1.71 bits per heavy atom. The predicted octanol–water partition coefficient (Wildman–Crippen LogP) is 0.621. The second-order valence-electron chi connectivity index (χ2n) is 4.01. The van der Waals surface area contributed by atoms with Gasteiger partial charge < -0.3 is 4.90 Å². The van der Waals surface area contributed by atoms with Gasteiger partial charge in [0.15, 0.2) is 0 Å². The van der Waals surface area contributed by atoms with E-state index in [9.17, 15) is 9.59 Å². The summed E-state index contributed by atoms with van der Waals surface area (Å²) in [4.78, 5) is 30.4. The summed E-state index contributed by atoms with van der Waals surface area (Å²) >= 11 is 0. The van der Waals surface area contributed by atoms with Gasteiger partial charge in [0.25, 0.3) is 5.91 Å². The van der Waals surface area contributed by atoms with Gasteiger partial charge in [-0.3, -0.25) is 14.5 Å². The number of guanidine groups is 1. The first kappa shape index (κ1) is 10.0. The molecule has 1 saturated heterocycles. The number of para-hydroxylation sites is 1. The minimum atomic E-state index is -0.357. The van der Waals surface area contributed by atoms with Crippen LogP contribution in [0.2, 0.25) is 0 Å². The fourth-order valence-corrected chi connectivity index (χ4v) is 2.13. The van der Waals surface area contributed by atoms with Crippen LogP contribution in [0.15, 0.2) is 35.3 Å². The highest BCUT2D eigenvalue weighted by molar-refractivity contribution is 6.18. The zero-order chi connectivity index (χ0) is 11.8. The van der Waals surface area contributed by atoms with Crippen molar-refractivity contribution in [3.63, 3.8) is 0 Å². The van der Waals surface area contributed by atoms with Gasteiger partial charge in [0.2, 0.25) is 11.9 Å². The highest BCUT2D eigenvalue weighted by Crippen LogP contribution is 2.22. The number of hydrogen-bond acceptors (Lipinski definition) is 3. The first-order chi connectivity index (χ1) is 8.25. The molecule has 0 saturated carbocycles. The van der Waals surface area contributed by atoms with E-state index in [1.165, 1.54) is 0 Å². The zero-order valence-electron chi connectivity index (χ0n) is 9.17. The number of amides is 2. The first-order valence-corrected chi connectivity index (χ1v) is 5.50. The van der Waals surface area contributed by atoms with Crippen LogP contribution >= 0.6 is 0 Å². The molecule has 0 atom stereocenters. The van der Waals surface area contributed by atoms with E-state index in [4.69, 9.17) is 0 Å². The van der Waals surface area contributed by atoms with Crippen LogP contribution < -0.4 is 4.90 Å². The molecule has 1 fully saturated rings. The number of carbonyl (C=O) groups excluding carboxylic acids is 2. The normalized spacial score (nSPS) is 19.4. The average Bonchev–Trinajstić information content (AvgIpc) is 2.74. The minimum Gasteiger partial charge on any atom is -0.310 e. The third-order valence-corrected chi connectivity index (χ3v) is 2.93. The van der Waals surface area contributed by atoms with Crippen molar-refractivity contribution in [1.82, 2.24) is 4.90 Å². The molecular weight excluding hydrogens is 218 g/mol. The molecule has 86 valence electrons. The summed E-state index contributed by atoms with van der Waals surface area (Å²) in [5.74, 6) is -0.0417. The Kier molecular flexibility index (Phi) is 2.18. The van der Waals surface area contributed by atoms with Crippen LogP contribution in [0.5, 0.6) is 0 Å². The zero-order valence-corrected chi connectivity index (χ0v) is 9.17. The maximum atomic E-state index is 11.7. The molecule has 5 nitrogen and oxygen atoms in total. The van der Waals surface area contributed by atoms with Gasteiger partial charge >= 0.3 is 0 Å². The van der Waals surface area contributed by atoms with Crippen LogP contribution in [0.25, 0.3) is 0 Å². The van der Waals surface area contributed by atoms with Crippen molar-refractivity contribution in [3.05, 3.63) is 30.3 Å². The van der Waals surface area contributed by atoms with Crippen LogP contribution in [0, 0.1) is 0 Å². The first-order valence-electron chi connectivity index (χ1n) is 5.50. The van der Waals surface area contributed by atoms with E-state index in [0.717, 1.165) is 5.69 Å². The summed E-state index contributed by atoms with van der Waals surface area (Å²) in [5.41, 5.74) is 0.955. The maximum absolute atomic E-state index is 11.7. The fraction of sp³-hybridized carbons (Fsp3) is 0.250. The molecule has 0 spiro atoms. The number of fused-ring (bicyclic) bond motifs is 1. The lowest BCUT2D eigenvalue weighted by atomic mass is 10.3. The van der Waals surface area contributed by atoms with Gasteiger partial charge in [0.05, 0.1) is 0 Å². The molecule has 2 aliphatic heterocycles. The van der Waals surface area contributed by atoms with Crippen LogP contribution in [0.4, 0.5) is 5.69 Å². The summed E-state index contributed by atoms with van der Waals surface area (Å²) in [6, 6.07) is 9.65. The molecule has 0 N–H and O–H groups in total. The Labute approximate surface area is 98.3 Å². The van der Waals surface area contributed by atoms with E-state index in [1.807, 2.05) is 35.2 Å². The molecule has 0 aliphatic carbocycles. The quantitative estimate of drug-likeness (QED) is 0.663. The lowest BCUT2D eigenvalue weighted by molar-refractivity contribution is -0.132. The summed E-state index contributed by atoms with van der Waals surface area (Å²) < 4.78 is 0. The van der Waals surface area contributed by atoms with E-state index < -0.39 is 0 Å². The Morgan fingerprint density at radius 3 is 2.47 bits per heavy atom. The van der Waals surface area contributed by atoms with Crippen LogP contribution in [0.3, 0.4) is 0 Å². The van der Waals surface area contributed by atoms with Crippen molar-refractivity contribution in [2.24, 2.45) is 4.99 Å². The second kappa shape index (κ2) is 3.69. The molecule has 5 heteroatoms. The van der Waals surface area contributed by atoms with E-state index in [2.05, 4.69) is 4.99 Å². The summed E-state index contributed by atoms with van der Waals surface area (Å²) in [5, 5.41) is 0. The van der Waals surface area contributed by atoms with Crippen molar-refractivity contribution in [1.29, 1.82) is 0 Å². The van der Waals surface area contributed by atoms with Crippen LogP contribution in [0.1, 0.15) is 6.42 Å². The molecule has 2 aliphatic rings. The lowest BCUT2D eigenvalue weighted by Gasteiger charge is -2.24. The van der Waals surface area contributed by atoms with Crippen LogP contribution in [-0.2, 0) is 9.59 Å². The van der Waals surface area contributed by atoms with Crippen molar-refractivity contribution in [2.45, 2.75) is 6.42 Å². The summed E-state index contributed by atoms with van der Waals surface area (Å²) in [6.45, 7) is 1.28. The number of anilines is 1. The number of aliphatic imine (C=N–C) groups is 1. The number of nitrogens with zero attached hydrogens (tertiary/aromatic N) is 3. The van der Waals surface area contributed by atoms with Gasteiger partial charge in [0.1, 0.15) is 6.42 Å². The molecule has 17 heavy (non-hydrogen) atoms. The SMILES string of the molecule is O=C1CC(=O)N2CCN(c3ccccc3)C2=N1. The average molecular weight is 229 g/mol. The molecule has 0 aromatic heterocycles. The topological polar surface area (TPSA) is 53.0 Å². The molecule has 2 amide bonds. The Morgan fingerprint density at radius 1 is 1.00 bits per heavy atom. The summed E-state index contributed by atoms with van der Waals surface area (Å²) in [7, 11) is 0. The predicted molar refractivity (Wildman–Crippen MR) is 62.6 cm³/mol. The highest BCUT2D eigenvalue weighted by atomic mass is 16.2. The standard InChI is InChI=1S/C12H11N3O2/c16-10-8-11(17)15-7-6-14(12(15)13-10)9-4-2-1-3-5-9/h1-5H,6-8H2. The Hall–Kier alpha value is -2.17. The van der Waals surface area contributed by atoms with Gasteiger partial charge in [-0.05, 0) is 12.1 Å². The van der Waals surface area contributed by atoms with E-state index in [0.29, 0.717) is 19.0 Å². The third kappa shape index (κ3) is 1.60. The van der Waals surface area contributed by atoms with Gasteiger partial charge in [-0.1, -0.05) is 18.2 Å². The van der Waals surface area contributed by atoms with E-state index >= 15 is 0 Å². The van der Waals surface area contributed by atoms with Gasteiger partial charge in [-0.25, -0.2) is 0 Å². The van der Waals surface area contributed by atoms with Gasteiger partial charge in [-0.2, -0.15) is 4.99 Å². The van der Waals surface area contributed by atoms with Crippen molar-refractivity contribution in [3.8, 4) is 0 Å².